The molecule has 0 heterocycles. The van der Waals surface area contributed by atoms with Crippen molar-refractivity contribution in [3.05, 3.63) is 29.6 Å². The van der Waals surface area contributed by atoms with Crippen LogP contribution in [0.15, 0.2) is 18.2 Å². The van der Waals surface area contributed by atoms with Crippen molar-refractivity contribution < 1.29 is 18.7 Å². The second-order valence-corrected chi connectivity index (χ2v) is 4.23. The van der Waals surface area contributed by atoms with Gasteiger partial charge in [0.15, 0.2) is 0 Å². The van der Waals surface area contributed by atoms with Crippen LogP contribution < -0.4 is 15.8 Å². The van der Waals surface area contributed by atoms with Gasteiger partial charge in [0.1, 0.15) is 17.1 Å². The van der Waals surface area contributed by atoms with Gasteiger partial charge in [-0.15, -0.1) is 0 Å². The lowest BCUT2D eigenvalue weighted by molar-refractivity contribution is -0.124. The number of halogens is 1. The molecule has 0 aliphatic rings. The fourth-order valence-corrected chi connectivity index (χ4v) is 1.86. The van der Waals surface area contributed by atoms with Crippen LogP contribution in [-0.2, 0) is 15.1 Å². The number of carbonyl (C=O) groups excluding carboxylic acids is 1. The summed E-state index contributed by atoms with van der Waals surface area (Å²) in [5.74, 6) is -0.969. The van der Waals surface area contributed by atoms with Crippen molar-refractivity contribution in [2.45, 2.75) is 12.5 Å². The number of amides is 1. The van der Waals surface area contributed by atoms with Crippen molar-refractivity contribution >= 4 is 5.91 Å². The van der Waals surface area contributed by atoms with E-state index in [1.807, 2.05) is 0 Å². The normalized spacial score (nSPS) is 13.9. The van der Waals surface area contributed by atoms with E-state index in [1.165, 1.54) is 33.3 Å². The minimum Gasteiger partial charge on any atom is -0.496 e. The van der Waals surface area contributed by atoms with Crippen molar-refractivity contribution in [3.63, 3.8) is 0 Å². The minimum atomic E-state index is -1.37. The highest BCUT2D eigenvalue weighted by Crippen LogP contribution is 2.32. The van der Waals surface area contributed by atoms with E-state index >= 15 is 0 Å². The lowest BCUT2D eigenvalue weighted by atomic mass is 9.89. The fourth-order valence-electron chi connectivity index (χ4n) is 1.86. The van der Waals surface area contributed by atoms with Gasteiger partial charge < -0.3 is 15.2 Å². The number of nitrogens with two attached hydrogens (primary N) is 1. The Balaban J connectivity index is 3.22. The molecule has 0 aliphatic carbocycles. The molecule has 0 aromatic heterocycles. The predicted molar refractivity (Wildman–Crippen MR) is 69.4 cm³/mol. The maximum Gasteiger partial charge on any atom is 0.242 e. The molecule has 0 saturated heterocycles. The Bertz CT molecular complexity index is 454. The highest BCUT2D eigenvalue weighted by Gasteiger charge is 2.37. The van der Waals surface area contributed by atoms with Gasteiger partial charge in [-0.2, -0.15) is 0 Å². The second-order valence-electron chi connectivity index (χ2n) is 4.23. The summed E-state index contributed by atoms with van der Waals surface area (Å²) in [4.78, 5) is 11.7. The first-order valence-electron chi connectivity index (χ1n) is 5.84. The van der Waals surface area contributed by atoms with Crippen molar-refractivity contribution in [2.24, 2.45) is 5.73 Å². The third kappa shape index (κ3) is 3.21. The summed E-state index contributed by atoms with van der Waals surface area (Å²) in [7, 11) is 2.95. The molecule has 106 valence electrons. The van der Waals surface area contributed by atoms with Gasteiger partial charge in [0, 0.05) is 13.7 Å². The topological polar surface area (TPSA) is 73.6 Å². The van der Waals surface area contributed by atoms with Crippen LogP contribution in [0.25, 0.3) is 0 Å². The lowest BCUT2D eigenvalue weighted by Gasteiger charge is -2.29. The Morgan fingerprint density at radius 3 is 2.68 bits per heavy atom. The number of ether oxygens (including phenoxy) is 2. The zero-order chi connectivity index (χ0) is 14.5. The van der Waals surface area contributed by atoms with Gasteiger partial charge in [-0.3, -0.25) is 10.1 Å². The zero-order valence-electron chi connectivity index (χ0n) is 11.3. The van der Waals surface area contributed by atoms with E-state index in [-0.39, 0.29) is 11.3 Å². The Kier molecular flexibility index (Phi) is 5.26. The molecule has 0 saturated carbocycles. The standard InChI is InChI=1S/C13H19FN2O3/c1-13(12(15)17,16-7-8-18-2)11-9(14)5-4-6-10(11)19-3/h4-6,16H,7-8H2,1-3H3,(H2,15,17). The van der Waals surface area contributed by atoms with Crippen molar-refractivity contribution in [1.29, 1.82) is 0 Å². The summed E-state index contributed by atoms with van der Waals surface area (Å²) in [6.07, 6.45) is 0. The summed E-state index contributed by atoms with van der Waals surface area (Å²) in [5, 5.41) is 2.91. The van der Waals surface area contributed by atoms with Crippen LogP contribution in [0.1, 0.15) is 12.5 Å². The van der Waals surface area contributed by atoms with E-state index in [0.717, 1.165) is 0 Å². The van der Waals surface area contributed by atoms with E-state index in [0.29, 0.717) is 13.2 Å². The van der Waals surface area contributed by atoms with Gasteiger partial charge in [0.25, 0.3) is 0 Å². The lowest BCUT2D eigenvalue weighted by Crippen LogP contribution is -2.52. The van der Waals surface area contributed by atoms with Crippen LogP contribution in [0.4, 0.5) is 4.39 Å². The van der Waals surface area contributed by atoms with Crippen LogP contribution in [0.5, 0.6) is 5.75 Å². The number of hydrogen-bond acceptors (Lipinski definition) is 4. The number of primary amides is 1. The SMILES string of the molecule is COCCNC(C)(C(N)=O)c1c(F)cccc1OC. The maximum atomic E-state index is 14.0. The molecule has 1 aromatic carbocycles. The van der Waals surface area contributed by atoms with Gasteiger partial charge in [0.05, 0.1) is 19.3 Å². The van der Waals surface area contributed by atoms with Crippen molar-refractivity contribution in [3.8, 4) is 5.75 Å². The quantitative estimate of drug-likeness (QED) is 0.718. The van der Waals surface area contributed by atoms with Gasteiger partial charge >= 0.3 is 0 Å². The van der Waals surface area contributed by atoms with Gasteiger partial charge in [-0.1, -0.05) is 6.07 Å². The van der Waals surface area contributed by atoms with Gasteiger partial charge in [0.2, 0.25) is 5.91 Å². The average Bonchev–Trinajstić information content (AvgIpc) is 2.38. The highest BCUT2D eigenvalue weighted by molar-refractivity contribution is 5.86. The Morgan fingerprint density at radius 1 is 1.47 bits per heavy atom. The Hall–Kier alpha value is -1.66. The molecule has 1 unspecified atom stereocenters. The summed E-state index contributed by atoms with van der Waals surface area (Å²) >= 11 is 0. The zero-order valence-corrected chi connectivity index (χ0v) is 11.3. The Morgan fingerprint density at radius 2 is 2.16 bits per heavy atom. The molecule has 0 aliphatic heterocycles. The van der Waals surface area contributed by atoms with E-state index < -0.39 is 17.3 Å². The first-order chi connectivity index (χ1) is 8.97. The molecule has 0 spiro atoms. The number of hydrogen-bond donors (Lipinski definition) is 2. The number of methoxy groups -OCH3 is 2. The number of benzene rings is 1. The molecule has 5 nitrogen and oxygen atoms in total. The van der Waals surface area contributed by atoms with Crippen molar-refractivity contribution in [2.75, 3.05) is 27.4 Å². The third-order valence-corrected chi connectivity index (χ3v) is 2.97. The molecule has 0 fully saturated rings. The first kappa shape index (κ1) is 15.4. The molecule has 1 rings (SSSR count). The molecule has 3 N–H and O–H groups in total. The van der Waals surface area contributed by atoms with Gasteiger partial charge in [-0.05, 0) is 19.1 Å². The predicted octanol–water partition coefficient (Wildman–Crippen LogP) is 0.771. The number of carbonyl (C=O) groups is 1. The molecule has 6 heteroatoms. The fraction of sp³-hybridized carbons (Fsp3) is 0.462. The summed E-state index contributed by atoms with van der Waals surface area (Å²) in [6, 6.07) is 4.35. The molecular formula is C13H19FN2O3. The van der Waals surface area contributed by atoms with Crippen LogP contribution >= 0.6 is 0 Å². The molecule has 1 aromatic rings. The van der Waals surface area contributed by atoms with Crippen molar-refractivity contribution in [1.82, 2.24) is 5.32 Å². The van der Waals surface area contributed by atoms with E-state index in [9.17, 15) is 9.18 Å². The van der Waals surface area contributed by atoms with E-state index in [1.54, 1.807) is 6.07 Å². The van der Waals surface area contributed by atoms with E-state index in [2.05, 4.69) is 5.32 Å². The molecule has 0 radical (unpaired) electrons. The van der Waals surface area contributed by atoms with Crippen LogP contribution in [0.3, 0.4) is 0 Å². The van der Waals surface area contributed by atoms with Crippen LogP contribution in [0.2, 0.25) is 0 Å². The molecule has 0 bridgehead atoms. The molecule has 19 heavy (non-hydrogen) atoms. The molecule has 1 amide bonds. The molecule has 1 atom stereocenters. The minimum absolute atomic E-state index is 0.0982. The first-order valence-corrected chi connectivity index (χ1v) is 5.84. The molecular weight excluding hydrogens is 251 g/mol. The van der Waals surface area contributed by atoms with Gasteiger partial charge in [-0.25, -0.2) is 4.39 Å². The smallest absolute Gasteiger partial charge is 0.242 e. The number of nitrogens with one attached hydrogen (secondary N) is 1. The summed E-state index contributed by atoms with van der Waals surface area (Å²) in [5.41, 5.74) is 4.15. The average molecular weight is 270 g/mol. The summed E-state index contributed by atoms with van der Waals surface area (Å²) in [6.45, 7) is 2.25. The Labute approximate surface area is 111 Å². The van der Waals surface area contributed by atoms with Crippen LogP contribution in [0, 0.1) is 5.82 Å². The van der Waals surface area contributed by atoms with Crippen LogP contribution in [-0.4, -0.2) is 33.3 Å². The summed E-state index contributed by atoms with van der Waals surface area (Å²) < 4.78 is 24.1. The van der Waals surface area contributed by atoms with E-state index in [4.69, 9.17) is 15.2 Å². The second kappa shape index (κ2) is 6.49. The largest absolute Gasteiger partial charge is 0.496 e. The number of rotatable bonds is 7. The highest BCUT2D eigenvalue weighted by atomic mass is 19.1. The maximum absolute atomic E-state index is 14.0. The monoisotopic (exact) mass is 270 g/mol. The third-order valence-electron chi connectivity index (χ3n) is 2.97.